The SMILES string of the molecule is CCn1ccnc1CC(NC)c1cc(C)ccc1OC. The standard InChI is InChI=1S/C16H23N3O/c1-5-19-9-8-18-16(19)11-14(17-3)13-10-12(2)6-7-15(13)20-4/h6-10,14,17H,5,11H2,1-4H3. The fourth-order valence-electron chi connectivity index (χ4n) is 2.49. The van der Waals surface area contributed by atoms with Crippen LogP contribution in [0.5, 0.6) is 5.75 Å². The molecule has 1 aromatic heterocycles. The van der Waals surface area contributed by atoms with Crippen molar-refractivity contribution in [3.8, 4) is 5.75 Å². The van der Waals surface area contributed by atoms with Crippen LogP contribution in [0, 0.1) is 6.92 Å². The van der Waals surface area contributed by atoms with Gasteiger partial charge in [-0.05, 0) is 27.0 Å². The molecule has 4 heteroatoms. The maximum absolute atomic E-state index is 5.49. The summed E-state index contributed by atoms with van der Waals surface area (Å²) in [6, 6.07) is 6.47. The molecule has 1 aromatic carbocycles. The van der Waals surface area contributed by atoms with Crippen LogP contribution in [0.2, 0.25) is 0 Å². The number of nitrogens with one attached hydrogen (secondary N) is 1. The molecule has 0 fully saturated rings. The highest BCUT2D eigenvalue weighted by molar-refractivity contribution is 5.39. The van der Waals surface area contributed by atoms with E-state index in [9.17, 15) is 0 Å². The van der Waals surface area contributed by atoms with E-state index >= 15 is 0 Å². The molecule has 2 rings (SSSR count). The molecule has 0 spiro atoms. The van der Waals surface area contributed by atoms with Crippen molar-refractivity contribution in [2.45, 2.75) is 32.9 Å². The first kappa shape index (κ1) is 14.6. The van der Waals surface area contributed by atoms with Gasteiger partial charge in [0.15, 0.2) is 0 Å². The second-order valence-corrected chi connectivity index (χ2v) is 4.92. The number of benzene rings is 1. The van der Waals surface area contributed by atoms with Crippen LogP contribution in [-0.2, 0) is 13.0 Å². The highest BCUT2D eigenvalue weighted by Gasteiger charge is 2.17. The molecule has 0 aliphatic rings. The minimum Gasteiger partial charge on any atom is -0.496 e. The van der Waals surface area contributed by atoms with E-state index in [0.717, 1.165) is 24.5 Å². The van der Waals surface area contributed by atoms with Gasteiger partial charge in [-0.2, -0.15) is 0 Å². The first-order chi connectivity index (χ1) is 9.69. The second kappa shape index (κ2) is 6.57. The van der Waals surface area contributed by atoms with Crippen molar-refractivity contribution in [3.63, 3.8) is 0 Å². The lowest BCUT2D eigenvalue weighted by Crippen LogP contribution is -2.21. The van der Waals surface area contributed by atoms with E-state index in [1.807, 2.05) is 25.5 Å². The summed E-state index contributed by atoms with van der Waals surface area (Å²) in [7, 11) is 3.69. The quantitative estimate of drug-likeness (QED) is 0.879. The molecule has 0 bridgehead atoms. The molecule has 0 amide bonds. The molecule has 20 heavy (non-hydrogen) atoms. The van der Waals surface area contributed by atoms with Crippen molar-refractivity contribution in [1.29, 1.82) is 0 Å². The molecule has 4 nitrogen and oxygen atoms in total. The van der Waals surface area contributed by atoms with Gasteiger partial charge in [0.1, 0.15) is 11.6 Å². The molecule has 0 radical (unpaired) electrons. The van der Waals surface area contributed by atoms with Crippen molar-refractivity contribution in [2.75, 3.05) is 14.2 Å². The van der Waals surface area contributed by atoms with E-state index in [-0.39, 0.29) is 6.04 Å². The molecular formula is C16H23N3O. The number of methoxy groups -OCH3 is 1. The van der Waals surface area contributed by atoms with Gasteiger partial charge >= 0.3 is 0 Å². The number of hydrogen-bond acceptors (Lipinski definition) is 3. The van der Waals surface area contributed by atoms with Crippen LogP contribution in [0.1, 0.15) is 29.9 Å². The molecule has 1 atom stereocenters. The Balaban J connectivity index is 2.30. The van der Waals surface area contributed by atoms with Crippen LogP contribution in [-0.4, -0.2) is 23.7 Å². The smallest absolute Gasteiger partial charge is 0.123 e. The van der Waals surface area contributed by atoms with Crippen molar-refractivity contribution in [2.24, 2.45) is 0 Å². The van der Waals surface area contributed by atoms with Gasteiger partial charge in [-0.25, -0.2) is 4.98 Å². The summed E-state index contributed by atoms with van der Waals surface area (Å²) in [4.78, 5) is 4.46. The van der Waals surface area contributed by atoms with Gasteiger partial charge in [-0.3, -0.25) is 0 Å². The van der Waals surface area contributed by atoms with Crippen LogP contribution < -0.4 is 10.1 Å². The van der Waals surface area contributed by atoms with Gasteiger partial charge in [-0.15, -0.1) is 0 Å². The van der Waals surface area contributed by atoms with Crippen LogP contribution >= 0.6 is 0 Å². The van der Waals surface area contributed by atoms with Crippen molar-refractivity contribution < 1.29 is 4.74 Å². The minimum atomic E-state index is 0.192. The predicted molar refractivity (Wildman–Crippen MR) is 81.1 cm³/mol. The number of likely N-dealkylation sites (N-methyl/N-ethyl adjacent to an activating group) is 1. The summed E-state index contributed by atoms with van der Waals surface area (Å²) in [5.74, 6) is 2.01. The Morgan fingerprint density at radius 1 is 1.40 bits per heavy atom. The van der Waals surface area contributed by atoms with E-state index in [2.05, 4.69) is 40.8 Å². The van der Waals surface area contributed by atoms with Crippen LogP contribution in [0.4, 0.5) is 0 Å². The van der Waals surface area contributed by atoms with E-state index in [1.54, 1.807) is 7.11 Å². The third-order valence-corrected chi connectivity index (χ3v) is 3.64. The molecular weight excluding hydrogens is 250 g/mol. The molecule has 0 aliphatic heterocycles. The Kier molecular flexibility index (Phi) is 4.79. The lowest BCUT2D eigenvalue weighted by molar-refractivity contribution is 0.400. The first-order valence-corrected chi connectivity index (χ1v) is 7.01. The highest BCUT2D eigenvalue weighted by Crippen LogP contribution is 2.28. The largest absolute Gasteiger partial charge is 0.496 e. The monoisotopic (exact) mass is 273 g/mol. The first-order valence-electron chi connectivity index (χ1n) is 7.01. The van der Waals surface area contributed by atoms with E-state index < -0.39 is 0 Å². The number of aromatic nitrogens is 2. The molecule has 2 aromatic rings. The van der Waals surface area contributed by atoms with Gasteiger partial charge in [0.05, 0.1) is 7.11 Å². The molecule has 0 saturated heterocycles. The van der Waals surface area contributed by atoms with Gasteiger partial charge in [0.25, 0.3) is 0 Å². The Hall–Kier alpha value is -1.81. The van der Waals surface area contributed by atoms with Gasteiger partial charge in [0.2, 0.25) is 0 Å². The Morgan fingerprint density at radius 3 is 2.85 bits per heavy atom. The molecule has 1 N–H and O–H groups in total. The number of aryl methyl sites for hydroxylation is 2. The van der Waals surface area contributed by atoms with Crippen molar-refractivity contribution in [3.05, 3.63) is 47.5 Å². The van der Waals surface area contributed by atoms with Crippen LogP contribution in [0.3, 0.4) is 0 Å². The Morgan fingerprint density at radius 2 is 2.20 bits per heavy atom. The predicted octanol–water partition coefficient (Wildman–Crippen LogP) is 2.72. The summed E-state index contributed by atoms with van der Waals surface area (Å²) in [5.41, 5.74) is 2.42. The zero-order chi connectivity index (χ0) is 14.5. The summed E-state index contributed by atoms with van der Waals surface area (Å²) >= 11 is 0. The van der Waals surface area contributed by atoms with E-state index in [4.69, 9.17) is 4.74 Å². The molecule has 0 aliphatic carbocycles. The minimum absolute atomic E-state index is 0.192. The van der Waals surface area contributed by atoms with Crippen molar-refractivity contribution in [1.82, 2.24) is 14.9 Å². The van der Waals surface area contributed by atoms with Crippen molar-refractivity contribution >= 4 is 0 Å². The Bertz CT molecular complexity index is 563. The summed E-state index contributed by atoms with van der Waals surface area (Å²) < 4.78 is 7.66. The molecule has 108 valence electrons. The summed E-state index contributed by atoms with van der Waals surface area (Å²) in [5, 5.41) is 3.38. The summed E-state index contributed by atoms with van der Waals surface area (Å²) in [6.45, 7) is 5.17. The topological polar surface area (TPSA) is 39.1 Å². The summed E-state index contributed by atoms with van der Waals surface area (Å²) in [6.07, 6.45) is 4.73. The number of imidazole rings is 1. The van der Waals surface area contributed by atoms with E-state index in [1.165, 1.54) is 11.1 Å². The molecule has 1 heterocycles. The average molecular weight is 273 g/mol. The maximum Gasteiger partial charge on any atom is 0.123 e. The Labute approximate surface area is 120 Å². The van der Waals surface area contributed by atoms with Gasteiger partial charge in [0, 0.05) is 37.0 Å². The van der Waals surface area contributed by atoms with Crippen LogP contribution in [0.15, 0.2) is 30.6 Å². The lowest BCUT2D eigenvalue weighted by Gasteiger charge is -2.20. The lowest BCUT2D eigenvalue weighted by atomic mass is 10.00. The fourth-order valence-corrected chi connectivity index (χ4v) is 2.49. The van der Waals surface area contributed by atoms with E-state index in [0.29, 0.717) is 0 Å². The number of ether oxygens (including phenoxy) is 1. The number of nitrogens with zero attached hydrogens (tertiary/aromatic N) is 2. The third kappa shape index (κ3) is 3.02. The third-order valence-electron chi connectivity index (χ3n) is 3.64. The van der Waals surface area contributed by atoms with Crippen LogP contribution in [0.25, 0.3) is 0 Å². The molecule has 1 unspecified atom stereocenters. The van der Waals surface area contributed by atoms with Gasteiger partial charge in [-0.1, -0.05) is 17.7 Å². The number of rotatable bonds is 6. The zero-order valence-electron chi connectivity index (χ0n) is 12.7. The highest BCUT2D eigenvalue weighted by atomic mass is 16.5. The normalized spacial score (nSPS) is 12.4. The zero-order valence-corrected chi connectivity index (χ0v) is 12.7. The second-order valence-electron chi connectivity index (χ2n) is 4.92. The number of hydrogen-bond donors (Lipinski definition) is 1. The average Bonchev–Trinajstić information content (AvgIpc) is 2.91. The maximum atomic E-state index is 5.49. The molecule has 0 saturated carbocycles. The fraction of sp³-hybridized carbons (Fsp3) is 0.438. The van der Waals surface area contributed by atoms with Gasteiger partial charge < -0.3 is 14.6 Å².